The molecule has 31 heavy (non-hydrogen) atoms. The molecule has 0 aliphatic carbocycles. The minimum absolute atomic E-state index is 0.00667. The van der Waals surface area contributed by atoms with E-state index in [1.54, 1.807) is 16.3 Å². The number of nitrogens with one attached hydrogen (secondary N) is 3. The molecule has 21 nitrogen and oxygen atoms in total. The number of urea groups is 3. The zero-order chi connectivity index (χ0) is 24.6. The zero-order valence-electron chi connectivity index (χ0n) is 16.1. The van der Waals surface area contributed by atoms with Gasteiger partial charge in [-0.15, -0.1) is 0 Å². The Bertz CT molecular complexity index is 636. The molecule has 0 aromatic carbocycles. The molecule has 3 atom stereocenters. The molecule has 0 aliphatic heterocycles. The van der Waals surface area contributed by atoms with Gasteiger partial charge in [0.1, 0.15) is 6.04 Å². The molecule has 21 heteroatoms. The molecular formula is C10H25N15O6. The number of primary amides is 3. The molecule has 9 amide bonds. The van der Waals surface area contributed by atoms with Gasteiger partial charge in [-0.05, 0) is 12.2 Å². The highest BCUT2D eigenvalue weighted by Crippen LogP contribution is 2.17. The summed E-state index contributed by atoms with van der Waals surface area (Å²) in [5.74, 6) is 11.2. The minimum atomic E-state index is -2.19. The van der Waals surface area contributed by atoms with Crippen molar-refractivity contribution in [1.82, 2.24) is 36.5 Å². The van der Waals surface area contributed by atoms with Crippen LogP contribution < -0.4 is 62.5 Å². The van der Waals surface area contributed by atoms with E-state index in [-0.39, 0.29) is 20.3 Å². The Kier molecular flexibility index (Phi) is 9.78. The van der Waals surface area contributed by atoms with Crippen molar-refractivity contribution in [3.63, 3.8) is 0 Å². The normalized spacial score (nSPS) is 13.3. The summed E-state index contributed by atoms with van der Waals surface area (Å²) in [6.45, 7) is 1.00. The van der Waals surface area contributed by atoms with Gasteiger partial charge in [0.15, 0.2) is 12.3 Å². The number of carbonyl (C=O) groups is 6. The molecule has 0 spiro atoms. The van der Waals surface area contributed by atoms with Crippen LogP contribution in [0, 0.1) is 0 Å². The van der Waals surface area contributed by atoms with Crippen molar-refractivity contribution in [2.24, 2.45) is 46.2 Å². The maximum absolute atomic E-state index is 12.2. The van der Waals surface area contributed by atoms with Crippen molar-refractivity contribution in [3.05, 3.63) is 0 Å². The molecular weight excluding hydrogens is 426 g/mol. The summed E-state index contributed by atoms with van der Waals surface area (Å²) in [4.78, 5) is 72.3. The molecule has 0 aromatic rings. The second-order valence-corrected chi connectivity index (χ2v) is 5.41. The molecule has 0 radical (unpaired) electrons. The standard InChI is InChI=1S/C10H25N15O6/c1-2(5(26)19-16)22(8(13)29)25(23(9(14)30)3(11)6(27)20-17)24(10(15)31)4(12)7(28)21-18/h2-4H,11-12,16-18H2,1H3,(H2,13,29)(H2,14,30)(H2,15,31)(H,19,26)(H,20,27)(H,21,28). The van der Waals surface area contributed by atoms with Crippen LogP contribution in [0.4, 0.5) is 14.4 Å². The first-order chi connectivity index (χ1) is 14.3. The first kappa shape index (κ1) is 27.0. The third-order valence-electron chi connectivity index (χ3n) is 3.49. The third-order valence-corrected chi connectivity index (χ3v) is 3.49. The minimum Gasteiger partial charge on any atom is -0.350 e. The van der Waals surface area contributed by atoms with Crippen molar-refractivity contribution in [3.8, 4) is 0 Å². The third kappa shape index (κ3) is 5.98. The Morgan fingerprint density at radius 3 is 1.13 bits per heavy atom. The van der Waals surface area contributed by atoms with E-state index in [9.17, 15) is 28.8 Å². The van der Waals surface area contributed by atoms with E-state index in [2.05, 4.69) is 0 Å². The Morgan fingerprint density at radius 2 is 0.903 bits per heavy atom. The SMILES string of the molecule is CC(C(=O)NN)N(C(N)=O)N(N(C(N)=O)C(N)C(=O)NN)N(C(N)=O)C(N)C(=O)NN. The Morgan fingerprint density at radius 1 is 0.613 bits per heavy atom. The number of carbonyl (C=O) groups excluding carboxylic acids is 6. The van der Waals surface area contributed by atoms with E-state index in [4.69, 9.17) is 46.2 Å². The van der Waals surface area contributed by atoms with Crippen molar-refractivity contribution >= 4 is 35.8 Å². The van der Waals surface area contributed by atoms with Gasteiger partial charge in [-0.25, -0.2) is 36.9 Å². The van der Waals surface area contributed by atoms with Crippen LogP contribution in [0.25, 0.3) is 0 Å². The van der Waals surface area contributed by atoms with Gasteiger partial charge in [0, 0.05) is 0 Å². The van der Waals surface area contributed by atoms with Gasteiger partial charge in [-0.2, -0.15) is 10.0 Å². The maximum atomic E-state index is 12.2. The highest BCUT2D eigenvalue weighted by molar-refractivity contribution is 5.89. The molecule has 176 valence electrons. The Labute approximate surface area is 173 Å². The fourth-order valence-corrected chi connectivity index (χ4v) is 2.04. The predicted molar refractivity (Wildman–Crippen MR) is 98.5 cm³/mol. The highest BCUT2D eigenvalue weighted by atomic mass is 16.3. The van der Waals surface area contributed by atoms with E-state index >= 15 is 0 Å². The average Bonchev–Trinajstić information content (AvgIpc) is 2.70. The van der Waals surface area contributed by atoms with E-state index in [0.29, 0.717) is 0 Å². The van der Waals surface area contributed by atoms with Crippen LogP contribution in [-0.2, 0) is 14.4 Å². The number of hydrogen-bond donors (Lipinski definition) is 11. The Balaban J connectivity index is 7.08. The number of amides is 9. The van der Waals surface area contributed by atoms with E-state index < -0.39 is 54.2 Å². The van der Waals surface area contributed by atoms with Crippen molar-refractivity contribution in [1.29, 1.82) is 0 Å². The molecule has 0 aliphatic rings. The van der Waals surface area contributed by atoms with Gasteiger partial charge >= 0.3 is 18.1 Å². The van der Waals surface area contributed by atoms with Crippen LogP contribution in [-0.4, -0.2) is 74.4 Å². The molecule has 0 saturated heterocycles. The summed E-state index contributed by atoms with van der Waals surface area (Å²) in [5.41, 5.74) is 31.7. The number of nitrogens with two attached hydrogens (primary N) is 8. The molecule has 0 bridgehead atoms. The maximum Gasteiger partial charge on any atom is 0.334 e. The molecule has 0 aromatic heterocycles. The lowest BCUT2D eigenvalue weighted by atomic mass is 10.3. The van der Waals surface area contributed by atoms with Crippen molar-refractivity contribution in [2.45, 2.75) is 25.3 Å². The van der Waals surface area contributed by atoms with Gasteiger partial charge in [-0.3, -0.25) is 30.7 Å². The Hall–Kier alpha value is -4.02. The lowest BCUT2D eigenvalue weighted by Crippen LogP contribution is -2.78. The fourth-order valence-electron chi connectivity index (χ4n) is 2.04. The predicted octanol–water partition coefficient (Wildman–Crippen LogP) is -7.90. The van der Waals surface area contributed by atoms with Gasteiger partial charge in [0.25, 0.3) is 17.7 Å². The first-order valence-corrected chi connectivity index (χ1v) is 7.86. The molecule has 0 heterocycles. The largest absolute Gasteiger partial charge is 0.350 e. The summed E-state index contributed by atoms with van der Waals surface area (Å²) in [6.07, 6.45) is -4.38. The number of hydrogen-bond acceptors (Lipinski definition) is 12. The topological polar surface area (TPSA) is 360 Å². The molecule has 0 saturated carbocycles. The monoisotopic (exact) mass is 451 g/mol. The number of hydrazine groups is 6. The first-order valence-electron chi connectivity index (χ1n) is 7.86. The van der Waals surface area contributed by atoms with Crippen LogP contribution in [0.1, 0.15) is 6.92 Å². The summed E-state index contributed by atoms with van der Waals surface area (Å²) < 4.78 is 0. The fraction of sp³-hybridized carbons (Fsp3) is 0.400. The summed E-state index contributed by atoms with van der Waals surface area (Å²) in [5, 5.41) is 0.112. The summed E-state index contributed by atoms with van der Waals surface area (Å²) >= 11 is 0. The molecule has 0 rings (SSSR count). The molecule has 3 unspecified atom stereocenters. The average molecular weight is 451 g/mol. The van der Waals surface area contributed by atoms with E-state index in [1.165, 1.54) is 0 Å². The molecule has 0 fully saturated rings. The van der Waals surface area contributed by atoms with Gasteiger partial charge in [-0.1, -0.05) is 0 Å². The van der Waals surface area contributed by atoms with Crippen LogP contribution in [0.2, 0.25) is 0 Å². The smallest absolute Gasteiger partial charge is 0.334 e. The van der Waals surface area contributed by atoms with Crippen LogP contribution in [0.3, 0.4) is 0 Å². The van der Waals surface area contributed by atoms with Crippen LogP contribution in [0.5, 0.6) is 0 Å². The second kappa shape index (κ2) is 11.2. The van der Waals surface area contributed by atoms with Crippen LogP contribution >= 0.6 is 0 Å². The van der Waals surface area contributed by atoms with Crippen LogP contribution in [0.15, 0.2) is 0 Å². The second-order valence-electron chi connectivity index (χ2n) is 5.41. The number of nitrogens with zero attached hydrogens (tertiary/aromatic N) is 4. The molecule has 19 N–H and O–H groups in total. The van der Waals surface area contributed by atoms with Gasteiger partial charge in [0.2, 0.25) is 0 Å². The van der Waals surface area contributed by atoms with Crippen molar-refractivity contribution < 1.29 is 28.8 Å². The summed E-state index contributed by atoms with van der Waals surface area (Å²) in [7, 11) is 0. The van der Waals surface area contributed by atoms with E-state index in [1.807, 2.05) is 0 Å². The highest BCUT2D eigenvalue weighted by Gasteiger charge is 2.46. The van der Waals surface area contributed by atoms with Gasteiger partial charge in [0.05, 0.1) is 0 Å². The van der Waals surface area contributed by atoms with Gasteiger partial charge < -0.3 is 28.7 Å². The zero-order valence-corrected chi connectivity index (χ0v) is 16.1. The lowest BCUT2D eigenvalue weighted by Gasteiger charge is -2.48. The van der Waals surface area contributed by atoms with Crippen molar-refractivity contribution in [2.75, 3.05) is 0 Å². The lowest BCUT2D eigenvalue weighted by molar-refractivity contribution is -0.267. The number of rotatable bonds is 9. The summed E-state index contributed by atoms with van der Waals surface area (Å²) in [6, 6.07) is -6.56. The van der Waals surface area contributed by atoms with E-state index in [0.717, 1.165) is 6.92 Å². The quantitative estimate of drug-likeness (QED) is 0.0673.